The maximum Gasteiger partial charge on any atom is 0.416 e. The number of amides is 2. The maximum atomic E-state index is 13.3. The highest BCUT2D eigenvalue weighted by molar-refractivity contribution is 5.81. The third kappa shape index (κ3) is 5.93. The number of nitrogens with zero attached hydrogens (tertiary/aromatic N) is 3. The molecule has 2 aliphatic heterocycles. The van der Waals surface area contributed by atoms with Crippen molar-refractivity contribution in [2.75, 3.05) is 46.5 Å². The number of rotatable bonds is 4. The van der Waals surface area contributed by atoms with E-state index < -0.39 is 11.7 Å². The van der Waals surface area contributed by atoms with Crippen LogP contribution in [-0.2, 0) is 10.9 Å². The highest BCUT2D eigenvalue weighted by Crippen LogP contribution is 2.35. The molecule has 0 bridgehead atoms. The lowest BCUT2D eigenvalue weighted by molar-refractivity contribution is -0.137. The first-order valence-corrected chi connectivity index (χ1v) is 12.7. The number of piperidine rings is 1. The lowest BCUT2D eigenvalue weighted by Crippen LogP contribution is -2.52. The Morgan fingerprint density at radius 2 is 1.79 bits per heavy atom. The van der Waals surface area contributed by atoms with Crippen LogP contribution in [0.2, 0.25) is 0 Å². The molecular formula is C29H30F3N3O3. The van der Waals surface area contributed by atoms with Gasteiger partial charge in [-0.25, -0.2) is 9.78 Å². The second-order valence-corrected chi connectivity index (χ2v) is 9.75. The molecule has 0 radical (unpaired) electrons. The van der Waals surface area contributed by atoms with Crippen molar-refractivity contribution in [3.8, 4) is 5.75 Å². The summed E-state index contributed by atoms with van der Waals surface area (Å²) in [6.07, 6.45) is 0.362. The van der Waals surface area contributed by atoms with Crippen LogP contribution in [0.25, 0.3) is 17.0 Å². The molecule has 3 aromatic rings. The normalized spacial score (nSPS) is 20.7. The average molecular weight is 526 g/mol. The van der Waals surface area contributed by atoms with Gasteiger partial charge in [0.25, 0.3) is 0 Å². The van der Waals surface area contributed by atoms with Crippen LogP contribution in [0.3, 0.4) is 0 Å². The lowest BCUT2D eigenvalue weighted by Gasteiger charge is -2.40. The van der Waals surface area contributed by atoms with Gasteiger partial charge < -0.3 is 19.3 Å². The third-order valence-corrected chi connectivity index (χ3v) is 7.20. The highest BCUT2D eigenvalue weighted by atomic mass is 19.4. The van der Waals surface area contributed by atoms with Crippen LogP contribution in [0.5, 0.6) is 5.75 Å². The number of hydrogen-bond donors (Lipinski definition) is 0. The molecule has 0 aliphatic carbocycles. The van der Waals surface area contributed by atoms with Gasteiger partial charge >= 0.3 is 12.2 Å². The number of hydrogen-bond acceptors (Lipinski definition) is 4. The molecule has 38 heavy (non-hydrogen) atoms. The van der Waals surface area contributed by atoms with Crippen LogP contribution in [0, 0.1) is 5.92 Å². The molecule has 9 heteroatoms. The van der Waals surface area contributed by atoms with Gasteiger partial charge in [0.15, 0.2) is 0 Å². The minimum absolute atomic E-state index is 0.0226. The van der Waals surface area contributed by atoms with Gasteiger partial charge in [0.1, 0.15) is 5.75 Å². The first-order valence-electron chi connectivity index (χ1n) is 12.7. The Morgan fingerprint density at radius 3 is 2.50 bits per heavy atom. The van der Waals surface area contributed by atoms with E-state index in [0.29, 0.717) is 39.4 Å². The van der Waals surface area contributed by atoms with Crippen molar-refractivity contribution in [2.24, 2.45) is 5.92 Å². The highest BCUT2D eigenvalue weighted by Gasteiger charge is 2.34. The van der Waals surface area contributed by atoms with Crippen LogP contribution in [0.15, 0.2) is 60.7 Å². The van der Waals surface area contributed by atoms with E-state index in [2.05, 4.69) is 6.08 Å². The van der Waals surface area contributed by atoms with Crippen molar-refractivity contribution >= 4 is 23.0 Å². The molecule has 0 N–H and O–H groups in total. The minimum atomic E-state index is -4.38. The number of pyridine rings is 1. The van der Waals surface area contributed by atoms with E-state index in [4.69, 9.17) is 14.5 Å². The van der Waals surface area contributed by atoms with Gasteiger partial charge in [-0.15, -0.1) is 0 Å². The number of morpholine rings is 1. The van der Waals surface area contributed by atoms with Crippen molar-refractivity contribution in [2.45, 2.75) is 18.5 Å². The zero-order chi connectivity index (χ0) is 26.7. The Kier molecular flexibility index (Phi) is 7.56. The topological polar surface area (TPSA) is 54.9 Å². The molecule has 200 valence electrons. The molecular weight excluding hydrogens is 495 g/mol. The fourth-order valence-electron chi connectivity index (χ4n) is 5.15. The maximum absolute atomic E-state index is 13.3. The van der Waals surface area contributed by atoms with E-state index >= 15 is 0 Å². The summed E-state index contributed by atoms with van der Waals surface area (Å²) in [5.41, 5.74) is 1.78. The largest absolute Gasteiger partial charge is 0.497 e. The molecule has 2 aromatic carbocycles. The smallest absolute Gasteiger partial charge is 0.416 e. The first kappa shape index (κ1) is 26.0. The van der Waals surface area contributed by atoms with Crippen molar-refractivity contribution in [3.63, 3.8) is 0 Å². The summed E-state index contributed by atoms with van der Waals surface area (Å²) in [7, 11) is 1.63. The van der Waals surface area contributed by atoms with E-state index in [0.717, 1.165) is 46.5 Å². The SMILES string of the molecule is COc1ccc2nc(C=CC3CC(c4ccc(C(F)(F)F)cc4)CN(C(=O)N4CCOCC4)C3)ccc2c1. The number of ether oxygens (including phenoxy) is 2. The van der Waals surface area contributed by atoms with E-state index in [1.54, 1.807) is 12.0 Å². The van der Waals surface area contributed by atoms with E-state index in [9.17, 15) is 18.0 Å². The lowest BCUT2D eigenvalue weighted by atomic mass is 9.84. The van der Waals surface area contributed by atoms with Crippen molar-refractivity contribution in [1.29, 1.82) is 0 Å². The second-order valence-electron chi connectivity index (χ2n) is 9.75. The van der Waals surface area contributed by atoms with E-state index in [-0.39, 0.29) is 17.9 Å². The molecule has 2 fully saturated rings. The number of fused-ring (bicyclic) bond motifs is 1. The molecule has 1 aromatic heterocycles. The molecule has 2 atom stereocenters. The summed E-state index contributed by atoms with van der Waals surface area (Å²) < 4.78 is 50.0. The second kappa shape index (κ2) is 11.0. The zero-order valence-electron chi connectivity index (χ0n) is 21.2. The number of halogens is 3. The summed E-state index contributed by atoms with van der Waals surface area (Å²) in [6.45, 7) is 3.07. The molecule has 2 amide bonds. The Balaban J connectivity index is 1.37. The number of urea groups is 1. The van der Waals surface area contributed by atoms with Gasteiger partial charge in [0.2, 0.25) is 0 Å². The summed E-state index contributed by atoms with van der Waals surface area (Å²) >= 11 is 0. The van der Waals surface area contributed by atoms with Crippen molar-refractivity contribution in [1.82, 2.24) is 14.8 Å². The monoisotopic (exact) mass is 525 g/mol. The molecule has 2 aliphatic rings. The number of aromatic nitrogens is 1. The first-order chi connectivity index (χ1) is 18.3. The standard InChI is InChI=1S/C29H30F3N3O3/c1-37-26-10-11-27-22(17-26)5-9-25(33-27)8-2-20-16-23(21-3-6-24(7-4-21)29(30,31)32)19-35(18-20)28(36)34-12-14-38-15-13-34/h2-11,17,20,23H,12-16,18-19H2,1H3. The number of carbonyl (C=O) groups is 1. The molecule has 2 saturated heterocycles. The van der Waals surface area contributed by atoms with Crippen molar-refractivity contribution in [3.05, 3.63) is 77.5 Å². The number of likely N-dealkylation sites (tertiary alicyclic amines) is 1. The Bertz CT molecular complexity index is 1300. The predicted molar refractivity (Wildman–Crippen MR) is 139 cm³/mol. The minimum Gasteiger partial charge on any atom is -0.497 e. The quantitative estimate of drug-likeness (QED) is 0.430. The van der Waals surface area contributed by atoms with Gasteiger partial charge in [0, 0.05) is 37.5 Å². The third-order valence-electron chi connectivity index (χ3n) is 7.20. The van der Waals surface area contributed by atoms with Crippen LogP contribution in [-0.4, -0.2) is 67.3 Å². The van der Waals surface area contributed by atoms with Crippen LogP contribution in [0.1, 0.15) is 29.2 Å². The van der Waals surface area contributed by atoms with Gasteiger partial charge in [-0.1, -0.05) is 24.3 Å². The number of carbonyl (C=O) groups excluding carboxylic acids is 1. The summed E-state index contributed by atoms with van der Waals surface area (Å²) in [5, 5.41) is 0.976. The van der Waals surface area contributed by atoms with Crippen LogP contribution >= 0.6 is 0 Å². The summed E-state index contributed by atoms with van der Waals surface area (Å²) in [6, 6.07) is 14.9. The molecule has 2 unspecified atom stereocenters. The van der Waals surface area contributed by atoms with Crippen LogP contribution in [0.4, 0.5) is 18.0 Å². The molecule has 5 rings (SSSR count). The number of alkyl halides is 3. The number of benzene rings is 2. The zero-order valence-corrected chi connectivity index (χ0v) is 21.2. The Morgan fingerprint density at radius 1 is 1.03 bits per heavy atom. The van der Waals surface area contributed by atoms with Gasteiger partial charge in [-0.3, -0.25) is 0 Å². The molecule has 0 saturated carbocycles. The molecule has 3 heterocycles. The summed E-state index contributed by atoms with van der Waals surface area (Å²) in [5.74, 6) is 0.709. The van der Waals surface area contributed by atoms with Gasteiger partial charge in [0.05, 0.1) is 37.1 Å². The fourth-order valence-corrected chi connectivity index (χ4v) is 5.15. The summed E-state index contributed by atoms with van der Waals surface area (Å²) in [4.78, 5) is 21.7. The Labute approximate surface area is 219 Å². The Hall–Kier alpha value is -3.59. The fraction of sp³-hybridized carbons (Fsp3) is 0.379. The van der Waals surface area contributed by atoms with E-state index in [1.165, 1.54) is 12.1 Å². The molecule has 0 spiro atoms. The van der Waals surface area contributed by atoms with Crippen LogP contribution < -0.4 is 4.74 Å². The molecule has 6 nitrogen and oxygen atoms in total. The average Bonchev–Trinajstić information content (AvgIpc) is 2.95. The van der Waals surface area contributed by atoms with Gasteiger partial charge in [-0.05, 0) is 60.4 Å². The number of methoxy groups -OCH3 is 1. The predicted octanol–water partition coefficient (Wildman–Crippen LogP) is 5.83. The van der Waals surface area contributed by atoms with E-state index in [1.807, 2.05) is 41.3 Å². The van der Waals surface area contributed by atoms with Crippen molar-refractivity contribution < 1.29 is 27.4 Å². The van der Waals surface area contributed by atoms with Gasteiger partial charge in [-0.2, -0.15) is 13.2 Å².